The first-order valence-corrected chi connectivity index (χ1v) is 10.1. The van der Waals surface area contributed by atoms with Crippen LogP contribution in [-0.2, 0) is 14.8 Å². The molecule has 6 nitrogen and oxygen atoms in total. The molecule has 0 spiro atoms. The van der Waals surface area contributed by atoms with E-state index in [0.29, 0.717) is 31.0 Å². The fraction of sp³-hybridized carbons (Fsp3) is 0.316. The molecule has 1 amide bonds. The van der Waals surface area contributed by atoms with Gasteiger partial charge < -0.3 is 9.64 Å². The Balaban J connectivity index is 1.92. The highest BCUT2D eigenvalue weighted by Crippen LogP contribution is 2.30. The minimum atomic E-state index is -3.81. The maximum Gasteiger partial charge on any atom is 0.265 e. The number of benzene rings is 2. The molecular weight excluding hydrogens is 352 g/mol. The molecule has 26 heavy (non-hydrogen) atoms. The van der Waals surface area contributed by atoms with Gasteiger partial charge in [-0.1, -0.05) is 18.2 Å². The quantitative estimate of drug-likeness (QED) is 0.842. The van der Waals surface area contributed by atoms with Crippen LogP contribution in [-0.4, -0.2) is 27.5 Å². The number of para-hydroxylation sites is 1. The van der Waals surface area contributed by atoms with E-state index in [1.165, 1.54) is 6.07 Å². The van der Waals surface area contributed by atoms with Gasteiger partial charge in [-0.2, -0.15) is 0 Å². The Morgan fingerprint density at radius 1 is 1.19 bits per heavy atom. The molecule has 3 rings (SSSR count). The van der Waals surface area contributed by atoms with Gasteiger partial charge in [0.2, 0.25) is 5.91 Å². The lowest BCUT2D eigenvalue weighted by Gasteiger charge is -2.20. The van der Waals surface area contributed by atoms with Crippen molar-refractivity contribution in [2.75, 3.05) is 22.8 Å². The van der Waals surface area contributed by atoms with E-state index in [4.69, 9.17) is 4.74 Å². The zero-order valence-corrected chi connectivity index (χ0v) is 15.7. The Hall–Kier alpha value is -2.54. The largest absolute Gasteiger partial charge is 0.492 e. The zero-order chi connectivity index (χ0) is 18.7. The van der Waals surface area contributed by atoms with Gasteiger partial charge in [-0.3, -0.25) is 9.52 Å². The maximum atomic E-state index is 12.8. The number of nitrogens with one attached hydrogen (secondary N) is 1. The number of rotatable bonds is 6. The van der Waals surface area contributed by atoms with Crippen LogP contribution in [0, 0.1) is 6.92 Å². The van der Waals surface area contributed by atoms with E-state index in [1.807, 2.05) is 13.0 Å². The Morgan fingerprint density at radius 2 is 1.96 bits per heavy atom. The summed E-state index contributed by atoms with van der Waals surface area (Å²) in [6.45, 7) is 4.74. The number of hydrogen-bond acceptors (Lipinski definition) is 4. The molecule has 2 aromatic carbocycles. The molecule has 1 aliphatic heterocycles. The van der Waals surface area contributed by atoms with Crippen molar-refractivity contribution < 1.29 is 17.9 Å². The van der Waals surface area contributed by atoms with Gasteiger partial charge in [-0.15, -0.1) is 0 Å². The normalized spacial score (nSPS) is 14.5. The predicted octanol–water partition coefficient (Wildman–Crippen LogP) is 3.32. The molecule has 1 N–H and O–H groups in total. The SMILES string of the molecule is CCOc1ccccc1S(=O)(=O)Nc1ccc(C)c(N2CCCC2=O)c1. The lowest BCUT2D eigenvalue weighted by molar-refractivity contribution is -0.117. The van der Waals surface area contributed by atoms with E-state index in [1.54, 1.807) is 42.2 Å². The summed E-state index contributed by atoms with van der Waals surface area (Å²) >= 11 is 0. The topological polar surface area (TPSA) is 75.7 Å². The first-order valence-electron chi connectivity index (χ1n) is 8.58. The molecule has 0 atom stereocenters. The van der Waals surface area contributed by atoms with Crippen LogP contribution in [0.25, 0.3) is 0 Å². The molecule has 1 fully saturated rings. The molecule has 0 bridgehead atoms. The fourth-order valence-corrected chi connectivity index (χ4v) is 4.22. The number of hydrogen-bond donors (Lipinski definition) is 1. The molecule has 0 radical (unpaired) electrons. The number of carbonyl (C=O) groups excluding carboxylic acids is 1. The number of amides is 1. The van der Waals surface area contributed by atoms with Gasteiger partial charge in [0.05, 0.1) is 12.3 Å². The first-order chi connectivity index (χ1) is 12.4. The summed E-state index contributed by atoms with van der Waals surface area (Å²) < 4.78 is 33.6. The number of nitrogens with zero attached hydrogens (tertiary/aromatic N) is 1. The first kappa shape index (κ1) is 18.3. The van der Waals surface area contributed by atoms with Crippen LogP contribution in [0.2, 0.25) is 0 Å². The van der Waals surface area contributed by atoms with Gasteiger partial charge in [0, 0.05) is 18.7 Å². The second-order valence-corrected chi connectivity index (χ2v) is 7.79. The third-order valence-corrected chi connectivity index (χ3v) is 5.68. The second kappa shape index (κ2) is 7.37. The maximum absolute atomic E-state index is 12.8. The molecular formula is C19H22N2O4S. The number of ether oxygens (including phenoxy) is 1. The Kier molecular flexibility index (Phi) is 5.18. The van der Waals surface area contributed by atoms with E-state index in [2.05, 4.69) is 4.72 Å². The van der Waals surface area contributed by atoms with Crippen molar-refractivity contribution in [3.8, 4) is 5.75 Å². The van der Waals surface area contributed by atoms with Crippen LogP contribution >= 0.6 is 0 Å². The van der Waals surface area contributed by atoms with Crippen molar-refractivity contribution in [1.82, 2.24) is 0 Å². The highest BCUT2D eigenvalue weighted by atomic mass is 32.2. The molecule has 0 aliphatic carbocycles. The monoisotopic (exact) mass is 374 g/mol. The number of carbonyl (C=O) groups is 1. The molecule has 2 aromatic rings. The van der Waals surface area contributed by atoms with Crippen LogP contribution in [0.4, 0.5) is 11.4 Å². The fourth-order valence-electron chi connectivity index (χ4n) is 3.02. The van der Waals surface area contributed by atoms with Crippen molar-refractivity contribution in [2.24, 2.45) is 0 Å². The molecule has 7 heteroatoms. The van der Waals surface area contributed by atoms with Gasteiger partial charge in [0.25, 0.3) is 10.0 Å². The summed E-state index contributed by atoms with van der Waals surface area (Å²) in [5, 5.41) is 0. The van der Waals surface area contributed by atoms with E-state index in [0.717, 1.165) is 17.7 Å². The average Bonchev–Trinajstić information content (AvgIpc) is 3.03. The van der Waals surface area contributed by atoms with Crippen LogP contribution in [0.5, 0.6) is 5.75 Å². The lowest BCUT2D eigenvalue weighted by atomic mass is 10.1. The summed E-state index contributed by atoms with van der Waals surface area (Å²) in [7, 11) is -3.81. The predicted molar refractivity (Wildman–Crippen MR) is 101 cm³/mol. The molecule has 1 heterocycles. The summed E-state index contributed by atoms with van der Waals surface area (Å²) in [5.74, 6) is 0.374. The van der Waals surface area contributed by atoms with Gasteiger partial charge in [0.1, 0.15) is 10.6 Å². The van der Waals surface area contributed by atoms with E-state index in [9.17, 15) is 13.2 Å². The van der Waals surface area contributed by atoms with Crippen molar-refractivity contribution in [3.63, 3.8) is 0 Å². The molecule has 0 saturated carbocycles. The molecule has 0 unspecified atom stereocenters. The van der Waals surface area contributed by atoms with Crippen LogP contribution in [0.15, 0.2) is 47.4 Å². The molecule has 0 aromatic heterocycles. The summed E-state index contributed by atoms with van der Waals surface area (Å²) in [4.78, 5) is 13.8. The number of aryl methyl sites for hydroxylation is 1. The van der Waals surface area contributed by atoms with E-state index < -0.39 is 10.0 Å². The second-order valence-electron chi connectivity index (χ2n) is 6.14. The van der Waals surface area contributed by atoms with Gasteiger partial charge in [-0.05, 0) is 50.1 Å². The number of anilines is 2. The average molecular weight is 374 g/mol. The highest BCUT2D eigenvalue weighted by Gasteiger charge is 2.24. The van der Waals surface area contributed by atoms with Gasteiger partial charge >= 0.3 is 0 Å². The van der Waals surface area contributed by atoms with Crippen molar-refractivity contribution >= 4 is 27.3 Å². The minimum Gasteiger partial charge on any atom is -0.492 e. The van der Waals surface area contributed by atoms with Crippen molar-refractivity contribution in [3.05, 3.63) is 48.0 Å². The Labute approximate surface area is 153 Å². The van der Waals surface area contributed by atoms with Gasteiger partial charge in [0.15, 0.2) is 0 Å². The Morgan fingerprint density at radius 3 is 2.65 bits per heavy atom. The standard InChI is InChI=1S/C19H22N2O4S/c1-3-25-17-7-4-5-8-18(17)26(23,24)20-15-11-10-14(2)16(13-15)21-12-6-9-19(21)22/h4-5,7-8,10-11,13,20H,3,6,9,12H2,1-2H3. The highest BCUT2D eigenvalue weighted by molar-refractivity contribution is 7.92. The van der Waals surface area contributed by atoms with Crippen molar-refractivity contribution in [1.29, 1.82) is 0 Å². The van der Waals surface area contributed by atoms with Crippen LogP contribution < -0.4 is 14.4 Å². The van der Waals surface area contributed by atoms with Crippen molar-refractivity contribution in [2.45, 2.75) is 31.6 Å². The Bertz CT molecular complexity index is 925. The third-order valence-electron chi connectivity index (χ3n) is 4.26. The zero-order valence-electron chi connectivity index (χ0n) is 14.9. The molecule has 1 saturated heterocycles. The van der Waals surface area contributed by atoms with Crippen LogP contribution in [0.1, 0.15) is 25.3 Å². The minimum absolute atomic E-state index is 0.0646. The summed E-state index contributed by atoms with van der Waals surface area (Å²) in [6.07, 6.45) is 1.34. The smallest absolute Gasteiger partial charge is 0.265 e. The lowest BCUT2D eigenvalue weighted by Crippen LogP contribution is -2.24. The van der Waals surface area contributed by atoms with Gasteiger partial charge in [-0.25, -0.2) is 8.42 Å². The van der Waals surface area contributed by atoms with Crippen LogP contribution in [0.3, 0.4) is 0 Å². The van der Waals surface area contributed by atoms with E-state index in [-0.39, 0.29) is 10.8 Å². The van der Waals surface area contributed by atoms with E-state index >= 15 is 0 Å². The molecule has 138 valence electrons. The number of sulfonamides is 1. The summed E-state index contributed by atoms with van der Waals surface area (Å²) in [5.41, 5.74) is 2.08. The molecule has 1 aliphatic rings. The summed E-state index contributed by atoms with van der Waals surface area (Å²) in [6, 6.07) is 11.7. The third kappa shape index (κ3) is 3.67.